The molecule has 1 saturated heterocycles. The topological polar surface area (TPSA) is 54.4 Å². The van der Waals surface area contributed by atoms with E-state index >= 15 is 0 Å². The molecule has 0 bridgehead atoms. The van der Waals surface area contributed by atoms with Crippen LogP contribution in [0, 0.1) is 13.8 Å². The van der Waals surface area contributed by atoms with E-state index in [0.29, 0.717) is 0 Å². The first-order valence-electron chi connectivity index (χ1n) is 7.87. The summed E-state index contributed by atoms with van der Waals surface area (Å²) in [6.07, 6.45) is 1.88. The number of anilines is 1. The summed E-state index contributed by atoms with van der Waals surface area (Å²) < 4.78 is 5.93. The molecule has 1 aliphatic rings. The second-order valence-corrected chi connectivity index (χ2v) is 7.22. The Morgan fingerprint density at radius 1 is 1.43 bits per heavy atom. The van der Waals surface area contributed by atoms with Crippen LogP contribution in [0.5, 0.6) is 0 Å². The van der Waals surface area contributed by atoms with Crippen LogP contribution in [0.3, 0.4) is 0 Å². The maximum atomic E-state index is 5.93. The summed E-state index contributed by atoms with van der Waals surface area (Å²) in [5, 5.41) is 9.22. The van der Waals surface area contributed by atoms with Gasteiger partial charge in [0.15, 0.2) is 5.82 Å². The molecule has 7 heteroatoms. The molecule has 1 aliphatic heterocycles. The number of morpholine rings is 1. The van der Waals surface area contributed by atoms with Crippen molar-refractivity contribution >= 4 is 17.2 Å². The highest BCUT2D eigenvalue weighted by atomic mass is 32.1. The maximum absolute atomic E-state index is 5.93. The SMILES string of the molecule is Cc1nc(C)c(CN2CCO[C@@H](CN(C)c3cccnn3)C2)s1. The number of hydrogen-bond donors (Lipinski definition) is 0. The molecule has 3 heterocycles. The molecule has 0 saturated carbocycles. The van der Waals surface area contributed by atoms with Crippen molar-refractivity contribution in [2.24, 2.45) is 0 Å². The molecule has 2 aromatic heterocycles. The number of hydrogen-bond acceptors (Lipinski definition) is 7. The summed E-state index contributed by atoms with van der Waals surface area (Å²) in [4.78, 5) is 10.4. The highest BCUT2D eigenvalue weighted by molar-refractivity contribution is 7.11. The van der Waals surface area contributed by atoms with E-state index in [4.69, 9.17) is 4.74 Å². The molecule has 0 unspecified atom stereocenters. The lowest BCUT2D eigenvalue weighted by Gasteiger charge is -2.34. The monoisotopic (exact) mass is 333 g/mol. The zero-order valence-corrected chi connectivity index (χ0v) is 14.7. The Bertz CT molecular complexity index is 633. The Kier molecular flexibility index (Phi) is 5.20. The van der Waals surface area contributed by atoms with Gasteiger partial charge in [0.1, 0.15) is 0 Å². The molecule has 23 heavy (non-hydrogen) atoms. The van der Waals surface area contributed by atoms with Crippen molar-refractivity contribution in [1.29, 1.82) is 0 Å². The molecular weight excluding hydrogens is 310 g/mol. The van der Waals surface area contributed by atoms with Gasteiger partial charge < -0.3 is 9.64 Å². The average Bonchev–Trinajstić information content (AvgIpc) is 2.86. The smallest absolute Gasteiger partial charge is 0.151 e. The zero-order valence-electron chi connectivity index (χ0n) is 13.9. The van der Waals surface area contributed by atoms with Crippen molar-refractivity contribution in [2.75, 3.05) is 38.2 Å². The van der Waals surface area contributed by atoms with Crippen LogP contribution in [0.25, 0.3) is 0 Å². The number of aryl methyl sites for hydroxylation is 2. The lowest BCUT2D eigenvalue weighted by Crippen LogP contribution is -2.46. The number of nitrogens with zero attached hydrogens (tertiary/aromatic N) is 5. The number of rotatable bonds is 5. The molecule has 1 atom stereocenters. The van der Waals surface area contributed by atoms with Gasteiger partial charge in [-0.2, -0.15) is 5.10 Å². The molecular formula is C16H23N5OS. The van der Waals surface area contributed by atoms with Crippen molar-refractivity contribution in [3.05, 3.63) is 33.9 Å². The number of aromatic nitrogens is 3. The molecule has 0 radical (unpaired) electrons. The van der Waals surface area contributed by atoms with E-state index in [1.807, 2.05) is 19.2 Å². The predicted octanol–water partition coefficient (Wildman–Crippen LogP) is 1.89. The Morgan fingerprint density at radius 2 is 2.30 bits per heavy atom. The Balaban J connectivity index is 1.57. The van der Waals surface area contributed by atoms with Crippen LogP contribution in [-0.4, -0.2) is 59.5 Å². The first-order valence-corrected chi connectivity index (χ1v) is 8.69. The van der Waals surface area contributed by atoms with Gasteiger partial charge in [0.2, 0.25) is 0 Å². The number of thiazole rings is 1. The van der Waals surface area contributed by atoms with Crippen molar-refractivity contribution in [1.82, 2.24) is 20.1 Å². The van der Waals surface area contributed by atoms with Crippen molar-refractivity contribution in [3.63, 3.8) is 0 Å². The third-order valence-electron chi connectivity index (χ3n) is 4.02. The van der Waals surface area contributed by atoms with Crippen LogP contribution in [0.2, 0.25) is 0 Å². The lowest BCUT2D eigenvalue weighted by atomic mass is 10.2. The minimum Gasteiger partial charge on any atom is -0.374 e. The Labute approximate surface area is 141 Å². The third kappa shape index (κ3) is 4.25. The van der Waals surface area contributed by atoms with Gasteiger partial charge >= 0.3 is 0 Å². The van der Waals surface area contributed by atoms with Gasteiger partial charge in [-0.05, 0) is 26.0 Å². The van der Waals surface area contributed by atoms with E-state index in [1.54, 1.807) is 17.5 Å². The van der Waals surface area contributed by atoms with E-state index in [2.05, 4.69) is 38.8 Å². The van der Waals surface area contributed by atoms with Gasteiger partial charge in [-0.25, -0.2) is 4.98 Å². The van der Waals surface area contributed by atoms with Crippen LogP contribution in [0.1, 0.15) is 15.6 Å². The fraction of sp³-hybridized carbons (Fsp3) is 0.562. The second-order valence-electron chi connectivity index (χ2n) is 5.93. The Morgan fingerprint density at radius 3 is 3.00 bits per heavy atom. The quantitative estimate of drug-likeness (QED) is 0.833. The molecule has 3 rings (SSSR count). The highest BCUT2D eigenvalue weighted by Gasteiger charge is 2.23. The number of ether oxygens (including phenoxy) is 1. The molecule has 1 fully saturated rings. The van der Waals surface area contributed by atoms with Crippen LogP contribution in [-0.2, 0) is 11.3 Å². The van der Waals surface area contributed by atoms with Crippen molar-refractivity contribution in [2.45, 2.75) is 26.5 Å². The number of likely N-dealkylation sites (N-methyl/N-ethyl adjacent to an activating group) is 1. The summed E-state index contributed by atoms with van der Waals surface area (Å²) in [7, 11) is 2.03. The van der Waals surface area contributed by atoms with E-state index < -0.39 is 0 Å². The van der Waals surface area contributed by atoms with E-state index in [9.17, 15) is 0 Å². The largest absolute Gasteiger partial charge is 0.374 e. The van der Waals surface area contributed by atoms with Gasteiger partial charge in [0, 0.05) is 44.3 Å². The second kappa shape index (κ2) is 7.33. The first-order chi connectivity index (χ1) is 11.1. The van der Waals surface area contributed by atoms with Gasteiger partial charge in [0.25, 0.3) is 0 Å². The fourth-order valence-corrected chi connectivity index (χ4v) is 3.83. The molecule has 0 N–H and O–H groups in total. The third-order valence-corrected chi connectivity index (χ3v) is 5.07. The predicted molar refractivity (Wildman–Crippen MR) is 91.9 cm³/mol. The molecule has 124 valence electrons. The van der Waals surface area contributed by atoms with Gasteiger partial charge in [-0.1, -0.05) is 0 Å². The van der Waals surface area contributed by atoms with Crippen LogP contribution in [0.4, 0.5) is 5.82 Å². The minimum atomic E-state index is 0.185. The molecule has 0 aliphatic carbocycles. The van der Waals surface area contributed by atoms with Gasteiger partial charge in [0.05, 0.1) is 23.4 Å². The fourth-order valence-electron chi connectivity index (χ4n) is 2.85. The summed E-state index contributed by atoms with van der Waals surface area (Å²) >= 11 is 1.80. The van der Waals surface area contributed by atoms with Crippen LogP contribution >= 0.6 is 11.3 Å². The average molecular weight is 333 g/mol. The highest BCUT2D eigenvalue weighted by Crippen LogP contribution is 2.20. The van der Waals surface area contributed by atoms with E-state index in [1.165, 1.54) is 4.88 Å². The maximum Gasteiger partial charge on any atom is 0.151 e. The standard InChI is InChI=1S/C16H23N5OS/c1-12-15(23-13(2)18-12)11-21-7-8-22-14(10-21)9-20(3)16-5-4-6-17-19-16/h4-6,14H,7-11H2,1-3H3/t14-/m0/s1. The minimum absolute atomic E-state index is 0.185. The Hall–Kier alpha value is -1.57. The normalized spacial score (nSPS) is 19.0. The van der Waals surface area contributed by atoms with Crippen molar-refractivity contribution in [3.8, 4) is 0 Å². The zero-order chi connectivity index (χ0) is 16.2. The summed E-state index contributed by atoms with van der Waals surface area (Å²) in [6.45, 7) is 8.62. The van der Waals surface area contributed by atoms with Crippen molar-refractivity contribution < 1.29 is 4.74 Å². The molecule has 6 nitrogen and oxygen atoms in total. The summed E-state index contributed by atoms with van der Waals surface area (Å²) in [6, 6.07) is 3.87. The van der Waals surface area contributed by atoms with Gasteiger partial charge in [-0.3, -0.25) is 4.90 Å². The summed E-state index contributed by atoms with van der Waals surface area (Å²) in [5.74, 6) is 0.877. The summed E-state index contributed by atoms with van der Waals surface area (Å²) in [5.41, 5.74) is 1.16. The van der Waals surface area contributed by atoms with E-state index in [0.717, 1.165) is 49.3 Å². The molecule has 0 spiro atoms. The lowest BCUT2D eigenvalue weighted by molar-refractivity contribution is -0.0262. The molecule has 0 amide bonds. The van der Waals surface area contributed by atoms with Crippen LogP contribution in [0.15, 0.2) is 18.3 Å². The first kappa shape index (κ1) is 16.3. The molecule has 0 aromatic carbocycles. The van der Waals surface area contributed by atoms with E-state index in [-0.39, 0.29) is 6.10 Å². The molecule has 2 aromatic rings. The van der Waals surface area contributed by atoms with Gasteiger partial charge in [-0.15, -0.1) is 16.4 Å². The van der Waals surface area contributed by atoms with Crippen LogP contribution < -0.4 is 4.90 Å².